The number of hydrogen-bond acceptors (Lipinski definition) is 3. The number of nitrogens with one attached hydrogen (secondary N) is 1. The van der Waals surface area contributed by atoms with Crippen LogP contribution in [0.5, 0.6) is 11.5 Å². The summed E-state index contributed by atoms with van der Waals surface area (Å²) in [5.74, 6) is 0.922. The van der Waals surface area contributed by atoms with Gasteiger partial charge >= 0.3 is 0 Å². The van der Waals surface area contributed by atoms with Crippen molar-refractivity contribution in [2.24, 2.45) is 0 Å². The quantitative estimate of drug-likeness (QED) is 0.853. The number of carbonyl (C=O) groups is 1. The molecule has 0 fully saturated rings. The average Bonchev–Trinajstić information content (AvgIpc) is 2.54. The summed E-state index contributed by atoms with van der Waals surface area (Å²) in [6.07, 6.45) is 0. The van der Waals surface area contributed by atoms with Gasteiger partial charge in [-0.2, -0.15) is 0 Å². The molecule has 23 heavy (non-hydrogen) atoms. The van der Waals surface area contributed by atoms with Gasteiger partial charge in [0.05, 0.1) is 12.1 Å². The van der Waals surface area contributed by atoms with E-state index in [1.54, 1.807) is 25.3 Å². The fourth-order valence-corrected chi connectivity index (χ4v) is 2.29. The second-order valence-electron chi connectivity index (χ2n) is 4.94. The van der Waals surface area contributed by atoms with Crippen LogP contribution in [0, 0.1) is 6.92 Å². The van der Waals surface area contributed by atoms with E-state index in [4.69, 9.17) is 32.7 Å². The van der Waals surface area contributed by atoms with Crippen molar-refractivity contribution in [3.8, 4) is 11.5 Å². The Morgan fingerprint density at radius 2 is 1.91 bits per heavy atom. The van der Waals surface area contributed by atoms with Gasteiger partial charge in [0.25, 0.3) is 5.91 Å². The van der Waals surface area contributed by atoms with Crippen molar-refractivity contribution in [3.05, 3.63) is 57.6 Å². The van der Waals surface area contributed by atoms with Crippen molar-refractivity contribution >= 4 is 29.1 Å². The highest BCUT2D eigenvalue weighted by molar-refractivity contribution is 6.34. The van der Waals surface area contributed by atoms with Gasteiger partial charge < -0.3 is 14.8 Å². The number of aryl methyl sites for hydroxylation is 1. The van der Waals surface area contributed by atoms with E-state index in [0.717, 1.165) is 16.9 Å². The van der Waals surface area contributed by atoms with Gasteiger partial charge in [-0.15, -0.1) is 0 Å². The molecule has 0 unspecified atom stereocenters. The van der Waals surface area contributed by atoms with Crippen molar-refractivity contribution in [2.75, 3.05) is 13.7 Å². The molecule has 0 bridgehead atoms. The van der Waals surface area contributed by atoms with Gasteiger partial charge in [0.1, 0.15) is 11.5 Å². The van der Waals surface area contributed by atoms with Crippen LogP contribution in [-0.4, -0.2) is 19.6 Å². The van der Waals surface area contributed by atoms with Crippen LogP contribution < -0.4 is 14.8 Å². The van der Waals surface area contributed by atoms with Gasteiger partial charge in [-0.05, 0) is 36.2 Å². The molecule has 0 saturated carbocycles. The molecule has 2 aromatic carbocycles. The van der Waals surface area contributed by atoms with Crippen LogP contribution in [0.1, 0.15) is 11.1 Å². The maximum atomic E-state index is 11.9. The highest BCUT2D eigenvalue weighted by atomic mass is 35.5. The Hall–Kier alpha value is -1.91. The minimum Gasteiger partial charge on any atom is -0.496 e. The lowest BCUT2D eigenvalue weighted by atomic mass is 10.1. The lowest BCUT2D eigenvalue weighted by molar-refractivity contribution is -0.123. The average molecular weight is 354 g/mol. The lowest BCUT2D eigenvalue weighted by Gasteiger charge is -2.10. The van der Waals surface area contributed by atoms with E-state index >= 15 is 0 Å². The van der Waals surface area contributed by atoms with E-state index in [1.807, 2.05) is 25.1 Å². The number of amides is 1. The van der Waals surface area contributed by atoms with Crippen molar-refractivity contribution in [3.63, 3.8) is 0 Å². The molecule has 0 aliphatic carbocycles. The summed E-state index contributed by atoms with van der Waals surface area (Å²) in [5, 5.41) is 3.68. The maximum absolute atomic E-state index is 11.9. The molecular formula is C17H17Cl2NO3. The Labute approximate surface area is 145 Å². The molecule has 2 aromatic rings. The zero-order valence-corrected chi connectivity index (χ0v) is 14.4. The predicted molar refractivity (Wildman–Crippen MR) is 91.5 cm³/mol. The van der Waals surface area contributed by atoms with Gasteiger partial charge in [0.2, 0.25) is 0 Å². The molecule has 2 rings (SSSR count). The standard InChI is InChI=1S/C17H17Cl2NO3/c1-11-3-4-12(7-15(11)22-2)9-20-17(21)10-23-16-8-13(18)5-6-14(16)19/h3-8H,9-10H2,1-2H3,(H,20,21). The van der Waals surface area contributed by atoms with Crippen molar-refractivity contribution in [2.45, 2.75) is 13.5 Å². The van der Waals surface area contributed by atoms with Gasteiger partial charge in [-0.25, -0.2) is 0 Å². The Kier molecular flexibility index (Phi) is 6.13. The zero-order chi connectivity index (χ0) is 16.8. The number of benzene rings is 2. The Morgan fingerprint density at radius 3 is 2.65 bits per heavy atom. The van der Waals surface area contributed by atoms with Crippen LogP contribution in [-0.2, 0) is 11.3 Å². The second kappa shape index (κ2) is 8.09. The molecule has 0 heterocycles. The summed E-state index contributed by atoms with van der Waals surface area (Å²) in [6.45, 7) is 2.22. The highest BCUT2D eigenvalue weighted by Crippen LogP contribution is 2.27. The molecule has 1 N–H and O–H groups in total. The SMILES string of the molecule is COc1cc(CNC(=O)COc2cc(Cl)ccc2Cl)ccc1C. The molecule has 0 saturated heterocycles. The number of methoxy groups -OCH3 is 1. The number of ether oxygens (including phenoxy) is 2. The van der Waals surface area contributed by atoms with E-state index in [1.165, 1.54) is 0 Å². The third-order valence-corrected chi connectivity index (χ3v) is 3.76. The minimum atomic E-state index is -0.249. The van der Waals surface area contributed by atoms with Gasteiger partial charge in [0.15, 0.2) is 6.61 Å². The second-order valence-corrected chi connectivity index (χ2v) is 5.79. The highest BCUT2D eigenvalue weighted by Gasteiger charge is 2.07. The van der Waals surface area contributed by atoms with Gasteiger partial charge in [-0.3, -0.25) is 4.79 Å². The maximum Gasteiger partial charge on any atom is 0.258 e. The Bertz CT molecular complexity index is 704. The zero-order valence-electron chi connectivity index (χ0n) is 12.9. The van der Waals surface area contributed by atoms with E-state index < -0.39 is 0 Å². The van der Waals surface area contributed by atoms with Crippen LogP contribution in [0.2, 0.25) is 10.0 Å². The molecule has 122 valence electrons. The molecule has 6 heteroatoms. The number of hydrogen-bond donors (Lipinski definition) is 1. The van der Waals surface area contributed by atoms with E-state index in [9.17, 15) is 4.79 Å². The molecule has 0 spiro atoms. The van der Waals surface area contributed by atoms with Crippen molar-refractivity contribution in [1.82, 2.24) is 5.32 Å². The molecule has 1 amide bonds. The third kappa shape index (κ3) is 5.05. The van der Waals surface area contributed by atoms with E-state index in [0.29, 0.717) is 22.3 Å². The molecule has 0 aliphatic heterocycles. The topological polar surface area (TPSA) is 47.6 Å². The Balaban J connectivity index is 1.87. The minimum absolute atomic E-state index is 0.136. The summed E-state index contributed by atoms with van der Waals surface area (Å²) in [6, 6.07) is 10.6. The van der Waals surface area contributed by atoms with Crippen molar-refractivity contribution in [1.29, 1.82) is 0 Å². The van der Waals surface area contributed by atoms with Crippen LogP contribution in [0.25, 0.3) is 0 Å². The Morgan fingerprint density at radius 1 is 1.13 bits per heavy atom. The van der Waals surface area contributed by atoms with Crippen LogP contribution >= 0.6 is 23.2 Å². The monoisotopic (exact) mass is 353 g/mol. The number of carbonyl (C=O) groups excluding carboxylic acids is 1. The summed E-state index contributed by atoms with van der Waals surface area (Å²) in [7, 11) is 1.62. The van der Waals surface area contributed by atoms with Crippen LogP contribution in [0.4, 0.5) is 0 Å². The molecule has 4 nitrogen and oxygen atoms in total. The normalized spacial score (nSPS) is 10.3. The lowest BCUT2D eigenvalue weighted by Crippen LogP contribution is -2.28. The van der Waals surface area contributed by atoms with Gasteiger partial charge in [-0.1, -0.05) is 35.3 Å². The van der Waals surface area contributed by atoms with E-state index in [-0.39, 0.29) is 12.5 Å². The fourth-order valence-electron chi connectivity index (χ4n) is 1.96. The fraction of sp³-hybridized carbons (Fsp3) is 0.235. The smallest absolute Gasteiger partial charge is 0.258 e. The first-order valence-electron chi connectivity index (χ1n) is 6.97. The number of rotatable bonds is 6. The van der Waals surface area contributed by atoms with Crippen molar-refractivity contribution < 1.29 is 14.3 Å². The largest absolute Gasteiger partial charge is 0.496 e. The van der Waals surface area contributed by atoms with Crippen LogP contribution in [0.3, 0.4) is 0 Å². The first kappa shape index (κ1) is 17.4. The first-order chi connectivity index (χ1) is 11.0. The molecule has 0 radical (unpaired) electrons. The molecule has 0 aliphatic rings. The molecule has 0 aromatic heterocycles. The summed E-state index contributed by atoms with van der Waals surface area (Å²) < 4.78 is 10.6. The first-order valence-corrected chi connectivity index (χ1v) is 7.73. The number of halogens is 2. The van der Waals surface area contributed by atoms with Gasteiger partial charge in [0, 0.05) is 17.6 Å². The summed E-state index contributed by atoms with van der Waals surface area (Å²) >= 11 is 11.8. The predicted octanol–water partition coefficient (Wildman–Crippen LogP) is 4.01. The summed E-state index contributed by atoms with van der Waals surface area (Å²) in [4.78, 5) is 11.9. The molecule has 0 atom stereocenters. The van der Waals surface area contributed by atoms with Crippen LogP contribution in [0.15, 0.2) is 36.4 Å². The molecular weight excluding hydrogens is 337 g/mol. The third-order valence-electron chi connectivity index (χ3n) is 3.21. The van der Waals surface area contributed by atoms with E-state index in [2.05, 4.69) is 5.32 Å². The summed E-state index contributed by atoms with van der Waals surface area (Å²) in [5.41, 5.74) is 1.99.